The van der Waals surface area contributed by atoms with Gasteiger partial charge in [0.15, 0.2) is 5.60 Å². The van der Waals surface area contributed by atoms with Gasteiger partial charge in [-0.05, 0) is 34.4 Å². The molecule has 0 bridgehead atoms. The molecule has 0 radical (unpaired) electrons. The normalized spacial score (nSPS) is 13.2. The summed E-state index contributed by atoms with van der Waals surface area (Å²) < 4.78 is 0. The van der Waals surface area contributed by atoms with Crippen molar-refractivity contribution >= 4 is 17.5 Å². The van der Waals surface area contributed by atoms with Gasteiger partial charge in [0, 0.05) is 11.4 Å². The Bertz CT molecular complexity index is 861. The molecule has 1 unspecified atom stereocenters. The summed E-state index contributed by atoms with van der Waals surface area (Å²) in [6.45, 7) is 0. The third-order valence-electron chi connectivity index (χ3n) is 4.25. The van der Waals surface area contributed by atoms with Gasteiger partial charge in [-0.1, -0.05) is 78.3 Å². The zero-order valence-electron chi connectivity index (χ0n) is 13.5. The molecule has 0 aliphatic heterocycles. The Morgan fingerprint density at radius 3 is 1.92 bits per heavy atom. The summed E-state index contributed by atoms with van der Waals surface area (Å²) >= 11 is 5.91. The minimum Gasteiger partial charge on any atom is -0.375 e. The van der Waals surface area contributed by atoms with E-state index in [1.165, 1.54) is 0 Å². The Hall–Kier alpha value is -2.62. The summed E-state index contributed by atoms with van der Waals surface area (Å²) in [4.78, 5) is 11.9. The highest BCUT2D eigenvalue weighted by atomic mass is 35.5. The van der Waals surface area contributed by atoms with Gasteiger partial charge < -0.3 is 10.8 Å². The molecule has 0 saturated carbocycles. The van der Waals surface area contributed by atoms with Crippen LogP contribution in [0.1, 0.15) is 11.1 Å². The summed E-state index contributed by atoms with van der Waals surface area (Å²) in [5.41, 5.74) is 7.14. The fourth-order valence-corrected chi connectivity index (χ4v) is 2.92. The summed E-state index contributed by atoms with van der Waals surface area (Å²) in [5, 5.41) is 11.5. The van der Waals surface area contributed by atoms with Crippen LogP contribution in [0.4, 0.5) is 0 Å². The average Bonchev–Trinajstić information content (AvgIpc) is 2.63. The van der Waals surface area contributed by atoms with Gasteiger partial charge in [0.1, 0.15) is 0 Å². The molecule has 1 amide bonds. The van der Waals surface area contributed by atoms with E-state index in [9.17, 15) is 9.90 Å². The Labute approximate surface area is 151 Å². The number of amides is 1. The fourth-order valence-electron chi connectivity index (χ4n) is 2.80. The third-order valence-corrected chi connectivity index (χ3v) is 4.50. The van der Waals surface area contributed by atoms with Crippen LogP contribution in [0.2, 0.25) is 5.02 Å². The number of carbonyl (C=O) groups excluding carboxylic acids is 1. The first-order chi connectivity index (χ1) is 12.0. The predicted molar refractivity (Wildman–Crippen MR) is 100 cm³/mol. The molecule has 0 fully saturated rings. The number of aliphatic hydroxyl groups is 1. The minimum absolute atomic E-state index is 0.118. The van der Waals surface area contributed by atoms with E-state index >= 15 is 0 Å². The second-order valence-corrected chi connectivity index (χ2v) is 6.41. The Balaban J connectivity index is 1.86. The number of primary amides is 1. The monoisotopic (exact) mass is 351 g/mol. The average molecular weight is 352 g/mol. The first-order valence-corrected chi connectivity index (χ1v) is 8.29. The first-order valence-electron chi connectivity index (χ1n) is 7.92. The highest BCUT2D eigenvalue weighted by Gasteiger charge is 2.36. The molecule has 0 heterocycles. The molecule has 3 rings (SSSR count). The summed E-state index contributed by atoms with van der Waals surface area (Å²) in [5.74, 6) is -0.763. The second-order valence-electron chi connectivity index (χ2n) is 5.97. The molecule has 0 aromatic heterocycles. The lowest BCUT2D eigenvalue weighted by atomic mass is 9.86. The van der Waals surface area contributed by atoms with Crippen LogP contribution in [0, 0.1) is 0 Å². The number of carbonyl (C=O) groups is 1. The lowest BCUT2D eigenvalue weighted by molar-refractivity contribution is -0.137. The van der Waals surface area contributed by atoms with Crippen molar-refractivity contribution in [3.05, 3.63) is 95.0 Å². The van der Waals surface area contributed by atoms with E-state index in [2.05, 4.69) is 0 Å². The van der Waals surface area contributed by atoms with Crippen molar-refractivity contribution in [2.75, 3.05) is 0 Å². The van der Waals surface area contributed by atoms with Crippen molar-refractivity contribution < 1.29 is 9.90 Å². The van der Waals surface area contributed by atoms with Crippen LogP contribution < -0.4 is 5.73 Å². The zero-order chi connectivity index (χ0) is 17.9. The summed E-state index contributed by atoms with van der Waals surface area (Å²) in [6.07, 6.45) is 0.118. The summed E-state index contributed by atoms with van der Waals surface area (Å²) in [6, 6.07) is 24.0. The van der Waals surface area contributed by atoms with E-state index < -0.39 is 11.5 Å². The Kier molecular flexibility index (Phi) is 4.88. The number of hydrogen-bond acceptors (Lipinski definition) is 2. The number of halogens is 1. The van der Waals surface area contributed by atoms with Crippen molar-refractivity contribution in [2.45, 2.75) is 12.0 Å². The molecule has 3 N–H and O–H groups in total. The van der Waals surface area contributed by atoms with Gasteiger partial charge in [-0.15, -0.1) is 0 Å². The molecule has 126 valence electrons. The number of rotatable bonds is 5. The maximum Gasteiger partial charge on any atom is 0.254 e. The Morgan fingerprint density at radius 1 is 0.880 bits per heavy atom. The van der Waals surface area contributed by atoms with Gasteiger partial charge in [0.25, 0.3) is 5.91 Å². The lowest BCUT2D eigenvalue weighted by Gasteiger charge is -2.25. The van der Waals surface area contributed by atoms with Crippen LogP contribution in [0.3, 0.4) is 0 Å². The van der Waals surface area contributed by atoms with Crippen LogP contribution in [0.25, 0.3) is 11.1 Å². The maximum absolute atomic E-state index is 11.9. The van der Waals surface area contributed by atoms with E-state index in [0.717, 1.165) is 16.7 Å². The van der Waals surface area contributed by atoms with Crippen LogP contribution in [-0.4, -0.2) is 11.0 Å². The number of nitrogens with two attached hydrogens (primary N) is 1. The summed E-state index contributed by atoms with van der Waals surface area (Å²) in [7, 11) is 0. The van der Waals surface area contributed by atoms with Gasteiger partial charge >= 0.3 is 0 Å². The molecule has 3 aromatic rings. The number of benzene rings is 3. The van der Waals surface area contributed by atoms with Crippen molar-refractivity contribution in [3.8, 4) is 11.1 Å². The first kappa shape index (κ1) is 17.2. The largest absolute Gasteiger partial charge is 0.375 e. The van der Waals surface area contributed by atoms with Crippen LogP contribution in [0.5, 0.6) is 0 Å². The van der Waals surface area contributed by atoms with Gasteiger partial charge in [-0.25, -0.2) is 0 Å². The van der Waals surface area contributed by atoms with E-state index in [1.54, 1.807) is 24.3 Å². The van der Waals surface area contributed by atoms with Crippen molar-refractivity contribution in [1.82, 2.24) is 0 Å². The molecule has 0 spiro atoms. The van der Waals surface area contributed by atoms with E-state index in [1.807, 2.05) is 54.6 Å². The van der Waals surface area contributed by atoms with Crippen LogP contribution in [-0.2, 0) is 16.8 Å². The van der Waals surface area contributed by atoms with Crippen molar-refractivity contribution in [2.24, 2.45) is 5.73 Å². The van der Waals surface area contributed by atoms with Crippen molar-refractivity contribution in [1.29, 1.82) is 0 Å². The smallest absolute Gasteiger partial charge is 0.254 e. The lowest BCUT2D eigenvalue weighted by Crippen LogP contribution is -2.43. The highest BCUT2D eigenvalue weighted by molar-refractivity contribution is 6.30. The highest BCUT2D eigenvalue weighted by Crippen LogP contribution is 2.27. The predicted octanol–water partition coefficient (Wildman–Crippen LogP) is 3.92. The van der Waals surface area contributed by atoms with Gasteiger partial charge in [0.05, 0.1) is 0 Å². The minimum atomic E-state index is -1.73. The molecule has 1 atom stereocenters. The molecule has 3 aromatic carbocycles. The Morgan fingerprint density at radius 2 is 1.40 bits per heavy atom. The molecule has 3 nitrogen and oxygen atoms in total. The second kappa shape index (κ2) is 7.09. The van der Waals surface area contributed by atoms with Crippen LogP contribution in [0.15, 0.2) is 78.9 Å². The quantitative estimate of drug-likeness (QED) is 0.731. The maximum atomic E-state index is 11.9. The van der Waals surface area contributed by atoms with Gasteiger partial charge in [0.2, 0.25) is 0 Å². The van der Waals surface area contributed by atoms with Gasteiger partial charge in [-0.2, -0.15) is 0 Å². The van der Waals surface area contributed by atoms with Gasteiger partial charge in [-0.3, -0.25) is 4.79 Å². The molecular weight excluding hydrogens is 334 g/mol. The molecular formula is C21H18ClNO2. The SMILES string of the molecule is NC(=O)C(O)(Cc1ccc(-c2ccc(Cl)cc2)cc1)c1ccccc1. The van der Waals surface area contributed by atoms with E-state index in [4.69, 9.17) is 17.3 Å². The molecule has 4 heteroatoms. The molecule has 25 heavy (non-hydrogen) atoms. The molecule has 0 aliphatic carbocycles. The van der Waals surface area contributed by atoms with E-state index in [-0.39, 0.29) is 6.42 Å². The fraction of sp³-hybridized carbons (Fsp3) is 0.0952. The third kappa shape index (κ3) is 3.73. The van der Waals surface area contributed by atoms with E-state index in [0.29, 0.717) is 10.6 Å². The standard InChI is InChI=1S/C21H18ClNO2/c22-19-12-10-17(11-13-19)16-8-6-15(7-9-16)14-21(25,20(23)24)18-4-2-1-3-5-18/h1-13,25H,14H2,(H2,23,24). The molecule has 0 aliphatic rings. The number of hydrogen-bond donors (Lipinski definition) is 2. The topological polar surface area (TPSA) is 63.3 Å². The zero-order valence-corrected chi connectivity index (χ0v) is 14.3. The molecule has 0 saturated heterocycles. The van der Waals surface area contributed by atoms with Crippen LogP contribution >= 0.6 is 11.6 Å². The van der Waals surface area contributed by atoms with Crippen molar-refractivity contribution in [3.63, 3.8) is 0 Å².